The molecule has 140 valence electrons. The highest BCUT2D eigenvalue weighted by Crippen LogP contribution is 2.42. The molecule has 11 heteroatoms. The van der Waals surface area contributed by atoms with Crippen LogP contribution in [0.1, 0.15) is 22.2 Å². The molecule has 1 N–H and O–H groups in total. The largest absolute Gasteiger partial charge is 0.503 e. The Labute approximate surface area is 160 Å². The number of aliphatic hydroxyl groups excluding tert-OH is 1. The highest BCUT2D eigenvalue weighted by molar-refractivity contribution is 7.13. The summed E-state index contributed by atoms with van der Waals surface area (Å²) >= 11 is 1.02. The molecule has 1 aliphatic heterocycles. The summed E-state index contributed by atoms with van der Waals surface area (Å²) < 4.78 is 5.11. The fourth-order valence-electron chi connectivity index (χ4n) is 2.97. The average molecular weight is 398 g/mol. The van der Waals surface area contributed by atoms with Crippen molar-refractivity contribution in [2.75, 3.05) is 4.90 Å². The Kier molecular flexibility index (Phi) is 4.20. The Morgan fingerprint density at radius 2 is 2.14 bits per heavy atom. The summed E-state index contributed by atoms with van der Waals surface area (Å²) in [5.74, 6) is -2.42. The molecule has 0 aliphatic carbocycles. The van der Waals surface area contributed by atoms with Gasteiger partial charge in [-0.15, -0.1) is 10.2 Å². The zero-order chi connectivity index (χ0) is 19.8. The quantitative estimate of drug-likeness (QED) is 0.393. The van der Waals surface area contributed by atoms with Gasteiger partial charge in [-0.3, -0.25) is 24.6 Å². The van der Waals surface area contributed by atoms with Gasteiger partial charge in [0.1, 0.15) is 5.51 Å². The maximum absolute atomic E-state index is 12.9. The number of aliphatic hydroxyl groups is 1. The van der Waals surface area contributed by atoms with Crippen LogP contribution in [0.5, 0.6) is 0 Å². The van der Waals surface area contributed by atoms with Crippen molar-refractivity contribution >= 4 is 33.8 Å². The molecule has 0 radical (unpaired) electrons. The molecule has 1 aliphatic rings. The van der Waals surface area contributed by atoms with Gasteiger partial charge in [-0.2, -0.15) is 0 Å². The van der Waals surface area contributed by atoms with Gasteiger partial charge in [0.25, 0.3) is 11.6 Å². The first-order valence-corrected chi connectivity index (χ1v) is 8.72. The van der Waals surface area contributed by atoms with E-state index in [0.29, 0.717) is 0 Å². The minimum absolute atomic E-state index is 0.0797. The molecule has 1 aromatic carbocycles. The van der Waals surface area contributed by atoms with Crippen LogP contribution in [0.25, 0.3) is 0 Å². The summed E-state index contributed by atoms with van der Waals surface area (Å²) in [6, 6.07) is 7.23. The molecule has 0 spiro atoms. The summed E-state index contributed by atoms with van der Waals surface area (Å²) in [4.78, 5) is 37.3. The maximum Gasteiger partial charge on any atom is 0.296 e. The summed E-state index contributed by atoms with van der Waals surface area (Å²) in [6.07, 6.45) is 1.28. The van der Waals surface area contributed by atoms with Gasteiger partial charge in [-0.05, 0) is 17.7 Å². The van der Waals surface area contributed by atoms with E-state index in [1.807, 2.05) is 0 Å². The highest BCUT2D eigenvalue weighted by Gasteiger charge is 2.46. The van der Waals surface area contributed by atoms with Crippen LogP contribution >= 0.6 is 11.3 Å². The first-order chi connectivity index (χ1) is 13.5. The van der Waals surface area contributed by atoms with E-state index in [4.69, 9.17) is 4.42 Å². The van der Waals surface area contributed by atoms with Gasteiger partial charge in [-0.25, -0.2) is 0 Å². The number of Topliss-reactive ketones (excluding diaryl/α,β-unsaturated/α-hetero) is 1. The van der Waals surface area contributed by atoms with Crippen molar-refractivity contribution < 1.29 is 24.0 Å². The number of nitro benzene ring substituents is 1. The molecule has 3 heterocycles. The number of rotatable bonds is 5. The number of aromatic nitrogens is 2. The van der Waals surface area contributed by atoms with E-state index in [0.717, 1.165) is 16.2 Å². The third-order valence-corrected chi connectivity index (χ3v) is 4.84. The summed E-state index contributed by atoms with van der Waals surface area (Å²) in [7, 11) is 0. The molecule has 1 amide bonds. The number of furan rings is 1. The molecule has 0 saturated heterocycles. The molecule has 0 saturated carbocycles. The zero-order valence-corrected chi connectivity index (χ0v) is 14.7. The third kappa shape index (κ3) is 2.74. The van der Waals surface area contributed by atoms with Gasteiger partial charge < -0.3 is 9.52 Å². The predicted molar refractivity (Wildman–Crippen MR) is 95.9 cm³/mol. The molecule has 1 unspecified atom stereocenters. The van der Waals surface area contributed by atoms with Gasteiger partial charge in [-0.1, -0.05) is 23.5 Å². The predicted octanol–water partition coefficient (Wildman–Crippen LogP) is 2.82. The minimum atomic E-state index is -1.13. The van der Waals surface area contributed by atoms with E-state index in [9.17, 15) is 24.8 Å². The second-order valence-electron chi connectivity index (χ2n) is 5.72. The fourth-order valence-corrected chi connectivity index (χ4v) is 3.56. The van der Waals surface area contributed by atoms with Crippen LogP contribution in [0.2, 0.25) is 0 Å². The summed E-state index contributed by atoms with van der Waals surface area (Å²) in [5.41, 5.74) is 1.17. The third-order valence-electron chi connectivity index (χ3n) is 4.15. The summed E-state index contributed by atoms with van der Waals surface area (Å²) in [5, 5.41) is 29.3. The molecule has 4 rings (SSSR count). The first kappa shape index (κ1) is 17.5. The van der Waals surface area contributed by atoms with Crippen molar-refractivity contribution in [3.63, 3.8) is 0 Å². The van der Waals surface area contributed by atoms with Crippen LogP contribution in [0.15, 0.2) is 63.9 Å². The van der Waals surface area contributed by atoms with Gasteiger partial charge in [0.05, 0.1) is 22.8 Å². The standard InChI is InChI=1S/C17H10N4O6S/c22-14(11-5-2-6-27-11)12-13(9-3-1-4-10(7-9)21(25)26)20(16(24)15(12)23)17-19-18-8-28-17/h1-8,13,23H. The molecule has 3 aromatic rings. The van der Waals surface area contributed by atoms with E-state index < -0.39 is 28.4 Å². The topological polar surface area (TPSA) is 140 Å². The second kappa shape index (κ2) is 6.70. The molecular weight excluding hydrogens is 388 g/mol. The number of hydrogen-bond acceptors (Lipinski definition) is 9. The second-order valence-corrected chi connectivity index (χ2v) is 6.53. The lowest BCUT2D eigenvalue weighted by atomic mass is 9.95. The number of nitrogens with zero attached hydrogens (tertiary/aromatic N) is 4. The molecule has 1 atom stereocenters. The Morgan fingerprint density at radius 1 is 1.32 bits per heavy atom. The number of carbonyl (C=O) groups excluding carboxylic acids is 2. The Bertz CT molecular complexity index is 1110. The van der Waals surface area contributed by atoms with Gasteiger partial charge in [0.2, 0.25) is 10.9 Å². The number of nitro groups is 1. The number of hydrogen-bond donors (Lipinski definition) is 1. The van der Waals surface area contributed by atoms with Crippen LogP contribution in [0.4, 0.5) is 10.8 Å². The number of non-ortho nitro benzene ring substituents is 1. The van der Waals surface area contributed by atoms with Crippen LogP contribution < -0.4 is 4.90 Å². The molecular formula is C17H10N4O6S. The van der Waals surface area contributed by atoms with E-state index in [2.05, 4.69) is 10.2 Å². The Morgan fingerprint density at radius 3 is 2.79 bits per heavy atom. The zero-order valence-electron chi connectivity index (χ0n) is 13.9. The molecule has 0 fully saturated rings. The fraction of sp³-hybridized carbons (Fsp3) is 0.0588. The molecule has 28 heavy (non-hydrogen) atoms. The highest BCUT2D eigenvalue weighted by atomic mass is 32.1. The number of ketones is 1. The van der Waals surface area contributed by atoms with Gasteiger partial charge in [0, 0.05) is 12.1 Å². The van der Waals surface area contributed by atoms with Crippen molar-refractivity contribution in [2.24, 2.45) is 0 Å². The van der Waals surface area contributed by atoms with Crippen molar-refractivity contribution in [3.05, 3.63) is 80.9 Å². The Hall–Kier alpha value is -3.86. The SMILES string of the molecule is O=C(C1=C(O)C(=O)N(c2nncs2)C1c1cccc([N+](=O)[O-])c1)c1ccco1. The normalized spacial score (nSPS) is 16.6. The van der Waals surface area contributed by atoms with E-state index >= 15 is 0 Å². The minimum Gasteiger partial charge on any atom is -0.503 e. The van der Waals surface area contributed by atoms with Crippen molar-refractivity contribution in [3.8, 4) is 0 Å². The first-order valence-electron chi connectivity index (χ1n) is 7.84. The van der Waals surface area contributed by atoms with Crippen molar-refractivity contribution in [1.82, 2.24) is 10.2 Å². The smallest absolute Gasteiger partial charge is 0.296 e. The van der Waals surface area contributed by atoms with Crippen LogP contribution in [-0.4, -0.2) is 31.9 Å². The average Bonchev–Trinajstić information content (AvgIpc) is 3.43. The van der Waals surface area contributed by atoms with Crippen molar-refractivity contribution in [2.45, 2.75) is 6.04 Å². The maximum atomic E-state index is 12.9. The number of anilines is 1. The Balaban J connectivity index is 1.90. The number of benzene rings is 1. The molecule has 0 bridgehead atoms. The van der Waals surface area contributed by atoms with E-state index in [-0.39, 0.29) is 27.7 Å². The van der Waals surface area contributed by atoms with Gasteiger partial charge >= 0.3 is 0 Å². The van der Waals surface area contributed by atoms with Crippen LogP contribution in [-0.2, 0) is 4.79 Å². The van der Waals surface area contributed by atoms with Crippen molar-refractivity contribution in [1.29, 1.82) is 0 Å². The molecule has 2 aromatic heterocycles. The number of carbonyl (C=O) groups is 2. The number of amides is 1. The van der Waals surface area contributed by atoms with Crippen LogP contribution in [0, 0.1) is 10.1 Å². The lowest BCUT2D eigenvalue weighted by Crippen LogP contribution is -2.31. The molecule has 10 nitrogen and oxygen atoms in total. The van der Waals surface area contributed by atoms with E-state index in [1.54, 1.807) is 0 Å². The lowest BCUT2D eigenvalue weighted by Gasteiger charge is -2.23. The van der Waals surface area contributed by atoms with E-state index in [1.165, 1.54) is 48.2 Å². The lowest BCUT2D eigenvalue weighted by molar-refractivity contribution is -0.384. The van der Waals surface area contributed by atoms with Crippen LogP contribution in [0.3, 0.4) is 0 Å². The monoisotopic (exact) mass is 398 g/mol. The van der Waals surface area contributed by atoms with Gasteiger partial charge in [0.15, 0.2) is 11.5 Å². The summed E-state index contributed by atoms with van der Waals surface area (Å²) in [6.45, 7) is 0.